The van der Waals surface area contributed by atoms with E-state index in [0.717, 1.165) is 0 Å². The number of carbonyl (C=O) groups is 1. The van der Waals surface area contributed by atoms with E-state index < -0.39 is 5.82 Å². The normalized spacial score (nSPS) is 10.1. The SMILES string of the molecule is O=C(COc1ccc(F)c(Cl)c1)c1ccccc1. The van der Waals surface area contributed by atoms with Gasteiger partial charge >= 0.3 is 0 Å². The van der Waals surface area contributed by atoms with E-state index in [9.17, 15) is 9.18 Å². The molecule has 2 aromatic carbocycles. The number of benzene rings is 2. The van der Waals surface area contributed by atoms with E-state index in [2.05, 4.69) is 0 Å². The van der Waals surface area contributed by atoms with Crippen LogP contribution < -0.4 is 4.74 Å². The summed E-state index contributed by atoms with van der Waals surface area (Å²) in [7, 11) is 0. The molecule has 2 nitrogen and oxygen atoms in total. The van der Waals surface area contributed by atoms with Crippen LogP contribution in [0.15, 0.2) is 48.5 Å². The zero-order chi connectivity index (χ0) is 13.0. The Hall–Kier alpha value is -1.87. The fourth-order valence-corrected chi connectivity index (χ4v) is 1.59. The maximum absolute atomic E-state index is 12.9. The third-order valence-corrected chi connectivity index (χ3v) is 2.65. The first-order chi connectivity index (χ1) is 8.66. The minimum atomic E-state index is -0.515. The quantitative estimate of drug-likeness (QED) is 0.787. The lowest BCUT2D eigenvalue weighted by atomic mass is 10.1. The number of ketones is 1. The topological polar surface area (TPSA) is 26.3 Å². The molecule has 0 aliphatic carbocycles. The minimum absolute atomic E-state index is 0.0281. The third-order valence-electron chi connectivity index (χ3n) is 2.36. The second-order valence-corrected chi connectivity index (χ2v) is 4.06. The summed E-state index contributed by atoms with van der Waals surface area (Å²) in [6.07, 6.45) is 0. The summed E-state index contributed by atoms with van der Waals surface area (Å²) in [4.78, 5) is 11.7. The van der Waals surface area contributed by atoms with Crippen LogP contribution >= 0.6 is 11.6 Å². The van der Waals surface area contributed by atoms with Crippen LogP contribution in [0.25, 0.3) is 0 Å². The predicted molar refractivity (Wildman–Crippen MR) is 67.7 cm³/mol. The summed E-state index contributed by atoms with van der Waals surface area (Å²) in [5.74, 6) is -0.292. The summed E-state index contributed by atoms with van der Waals surface area (Å²) in [6, 6.07) is 12.8. The molecule has 0 amide bonds. The zero-order valence-electron chi connectivity index (χ0n) is 9.40. The highest BCUT2D eigenvalue weighted by Crippen LogP contribution is 2.21. The highest BCUT2D eigenvalue weighted by Gasteiger charge is 2.07. The Morgan fingerprint density at radius 2 is 1.89 bits per heavy atom. The van der Waals surface area contributed by atoms with Crippen molar-refractivity contribution in [2.45, 2.75) is 0 Å². The molecule has 0 fully saturated rings. The Morgan fingerprint density at radius 3 is 2.56 bits per heavy atom. The molecule has 0 aliphatic rings. The van der Waals surface area contributed by atoms with Crippen molar-refractivity contribution in [2.75, 3.05) is 6.61 Å². The lowest BCUT2D eigenvalue weighted by Gasteiger charge is -2.06. The van der Waals surface area contributed by atoms with Crippen molar-refractivity contribution in [1.29, 1.82) is 0 Å². The van der Waals surface area contributed by atoms with Crippen LogP contribution in [-0.2, 0) is 0 Å². The molecule has 0 atom stereocenters. The number of hydrogen-bond donors (Lipinski definition) is 0. The molecular formula is C14H10ClFO2. The average molecular weight is 265 g/mol. The van der Waals surface area contributed by atoms with Gasteiger partial charge < -0.3 is 4.74 Å². The first-order valence-electron chi connectivity index (χ1n) is 5.33. The van der Waals surface area contributed by atoms with Gasteiger partial charge in [0.05, 0.1) is 5.02 Å². The van der Waals surface area contributed by atoms with Crippen molar-refractivity contribution in [2.24, 2.45) is 0 Å². The first-order valence-corrected chi connectivity index (χ1v) is 5.71. The summed E-state index contributed by atoms with van der Waals surface area (Å²) in [5, 5.41) is -0.0281. The van der Waals surface area contributed by atoms with Gasteiger partial charge in [-0.1, -0.05) is 41.9 Å². The number of halogens is 2. The van der Waals surface area contributed by atoms with E-state index in [1.165, 1.54) is 18.2 Å². The lowest BCUT2D eigenvalue weighted by molar-refractivity contribution is 0.0921. The summed E-state index contributed by atoms with van der Waals surface area (Å²) in [5.41, 5.74) is 0.575. The molecule has 0 N–H and O–H groups in total. The fraction of sp³-hybridized carbons (Fsp3) is 0.0714. The summed E-state index contributed by atoms with van der Waals surface area (Å²) >= 11 is 5.61. The van der Waals surface area contributed by atoms with E-state index in [1.54, 1.807) is 24.3 Å². The van der Waals surface area contributed by atoms with Gasteiger partial charge in [0, 0.05) is 11.6 Å². The van der Waals surface area contributed by atoms with Gasteiger partial charge in [0.15, 0.2) is 12.4 Å². The van der Waals surface area contributed by atoms with Gasteiger partial charge in [-0.2, -0.15) is 0 Å². The molecule has 92 valence electrons. The van der Waals surface area contributed by atoms with E-state index in [-0.39, 0.29) is 17.4 Å². The zero-order valence-corrected chi connectivity index (χ0v) is 10.2. The molecule has 18 heavy (non-hydrogen) atoms. The van der Waals surface area contributed by atoms with Crippen LogP contribution in [0.4, 0.5) is 4.39 Å². The van der Waals surface area contributed by atoms with Gasteiger partial charge in [0.25, 0.3) is 0 Å². The molecule has 2 rings (SSSR count). The van der Waals surface area contributed by atoms with E-state index in [0.29, 0.717) is 11.3 Å². The van der Waals surface area contributed by atoms with Crippen molar-refractivity contribution < 1.29 is 13.9 Å². The van der Waals surface area contributed by atoms with Crippen molar-refractivity contribution in [1.82, 2.24) is 0 Å². The van der Waals surface area contributed by atoms with Crippen LogP contribution in [0.3, 0.4) is 0 Å². The number of hydrogen-bond acceptors (Lipinski definition) is 2. The molecule has 2 aromatic rings. The van der Waals surface area contributed by atoms with Crippen LogP contribution in [0.1, 0.15) is 10.4 Å². The van der Waals surface area contributed by atoms with E-state index >= 15 is 0 Å². The minimum Gasteiger partial charge on any atom is -0.485 e. The number of rotatable bonds is 4. The van der Waals surface area contributed by atoms with Gasteiger partial charge in [-0.3, -0.25) is 4.79 Å². The third kappa shape index (κ3) is 3.08. The van der Waals surface area contributed by atoms with Crippen LogP contribution in [0.5, 0.6) is 5.75 Å². The van der Waals surface area contributed by atoms with E-state index in [1.807, 2.05) is 6.07 Å². The van der Waals surface area contributed by atoms with Crippen molar-refractivity contribution in [3.63, 3.8) is 0 Å². The molecular weight excluding hydrogens is 255 g/mol. The summed E-state index contributed by atoms with van der Waals surface area (Å²) < 4.78 is 18.2. The van der Waals surface area contributed by atoms with E-state index in [4.69, 9.17) is 16.3 Å². The molecule has 0 radical (unpaired) electrons. The van der Waals surface area contributed by atoms with Gasteiger partial charge in [0.1, 0.15) is 11.6 Å². The molecule has 0 saturated heterocycles. The predicted octanol–water partition coefficient (Wildman–Crippen LogP) is 3.74. The van der Waals surface area contributed by atoms with Gasteiger partial charge in [-0.25, -0.2) is 4.39 Å². The molecule has 0 aromatic heterocycles. The maximum atomic E-state index is 12.9. The number of ether oxygens (including phenoxy) is 1. The Kier molecular flexibility index (Phi) is 3.95. The Bertz CT molecular complexity index is 555. The smallest absolute Gasteiger partial charge is 0.200 e. The molecule has 0 spiro atoms. The molecule has 4 heteroatoms. The largest absolute Gasteiger partial charge is 0.485 e. The standard InChI is InChI=1S/C14H10ClFO2/c15-12-8-11(6-7-13(12)16)18-9-14(17)10-4-2-1-3-5-10/h1-8H,9H2. The molecule has 0 saturated carbocycles. The number of Topliss-reactive ketones (excluding diaryl/α,β-unsaturated/α-hetero) is 1. The van der Waals surface area contributed by atoms with Gasteiger partial charge in [-0.15, -0.1) is 0 Å². The highest BCUT2D eigenvalue weighted by molar-refractivity contribution is 6.30. The first kappa shape index (κ1) is 12.6. The molecule has 0 bridgehead atoms. The average Bonchev–Trinajstić information content (AvgIpc) is 2.41. The van der Waals surface area contributed by atoms with Crippen LogP contribution in [0.2, 0.25) is 5.02 Å². The maximum Gasteiger partial charge on any atom is 0.200 e. The van der Waals surface area contributed by atoms with Gasteiger partial charge in [-0.05, 0) is 12.1 Å². The van der Waals surface area contributed by atoms with Crippen LogP contribution in [-0.4, -0.2) is 12.4 Å². The monoisotopic (exact) mass is 264 g/mol. The second-order valence-electron chi connectivity index (χ2n) is 3.65. The van der Waals surface area contributed by atoms with Crippen molar-refractivity contribution in [3.8, 4) is 5.75 Å². The molecule has 0 heterocycles. The Balaban J connectivity index is 1.99. The Labute approximate surface area is 109 Å². The summed E-state index contributed by atoms with van der Waals surface area (Å²) in [6.45, 7) is -0.105. The van der Waals surface area contributed by atoms with Crippen molar-refractivity contribution >= 4 is 17.4 Å². The Morgan fingerprint density at radius 1 is 1.17 bits per heavy atom. The van der Waals surface area contributed by atoms with Crippen LogP contribution in [0, 0.1) is 5.82 Å². The molecule has 0 unspecified atom stereocenters. The lowest BCUT2D eigenvalue weighted by Crippen LogP contribution is -2.11. The van der Waals surface area contributed by atoms with Gasteiger partial charge in [0.2, 0.25) is 0 Å². The fourth-order valence-electron chi connectivity index (χ4n) is 1.42. The number of carbonyl (C=O) groups excluding carboxylic acids is 1. The highest BCUT2D eigenvalue weighted by atomic mass is 35.5. The van der Waals surface area contributed by atoms with Crippen molar-refractivity contribution in [3.05, 3.63) is 64.9 Å². The molecule has 0 aliphatic heterocycles. The second kappa shape index (κ2) is 5.65.